The fraction of sp³-hybridized carbons (Fsp3) is 0.458. The van der Waals surface area contributed by atoms with Crippen molar-refractivity contribution in [1.82, 2.24) is 9.88 Å². The monoisotopic (exact) mass is 459 g/mol. The molecule has 2 aliphatic rings. The van der Waals surface area contributed by atoms with E-state index in [2.05, 4.69) is 17.6 Å². The SMILES string of the molecule is CCCC1(NC(=O)C(=O)c2c(C)c(C(=O)Nc3ccc(F)c(Cl)c3)n3c2CCC3)CCC1. The molecule has 2 aromatic rings. The van der Waals surface area contributed by atoms with E-state index in [-0.39, 0.29) is 10.6 Å². The van der Waals surface area contributed by atoms with E-state index in [1.807, 2.05) is 4.57 Å². The van der Waals surface area contributed by atoms with Crippen molar-refractivity contribution < 1.29 is 18.8 Å². The third kappa shape index (κ3) is 3.94. The second kappa shape index (κ2) is 8.70. The second-order valence-electron chi connectivity index (χ2n) is 8.80. The molecular formula is C24H27ClFN3O3. The van der Waals surface area contributed by atoms with Crippen LogP contribution in [0.4, 0.5) is 10.1 Å². The first kappa shape index (κ1) is 22.5. The van der Waals surface area contributed by atoms with Crippen LogP contribution in [0.1, 0.15) is 77.6 Å². The Morgan fingerprint density at radius 2 is 1.97 bits per heavy atom. The van der Waals surface area contributed by atoms with Gasteiger partial charge in [-0.05, 0) is 69.2 Å². The van der Waals surface area contributed by atoms with Gasteiger partial charge in [0.05, 0.1) is 10.6 Å². The second-order valence-corrected chi connectivity index (χ2v) is 9.21. The maximum absolute atomic E-state index is 13.4. The van der Waals surface area contributed by atoms with Gasteiger partial charge >= 0.3 is 0 Å². The Morgan fingerprint density at radius 3 is 2.59 bits per heavy atom. The number of hydrogen-bond donors (Lipinski definition) is 2. The lowest BCUT2D eigenvalue weighted by Crippen LogP contribution is -2.55. The zero-order valence-corrected chi connectivity index (χ0v) is 19.1. The highest BCUT2D eigenvalue weighted by Gasteiger charge is 2.40. The summed E-state index contributed by atoms with van der Waals surface area (Å²) in [7, 11) is 0. The van der Waals surface area contributed by atoms with Gasteiger partial charge in [-0.25, -0.2) is 4.39 Å². The summed E-state index contributed by atoms with van der Waals surface area (Å²) in [6.45, 7) is 4.36. The fourth-order valence-electron chi connectivity index (χ4n) is 5.01. The van der Waals surface area contributed by atoms with Crippen molar-refractivity contribution in [3.8, 4) is 0 Å². The average molecular weight is 460 g/mol. The van der Waals surface area contributed by atoms with Gasteiger partial charge in [0.2, 0.25) is 0 Å². The number of aromatic nitrogens is 1. The van der Waals surface area contributed by atoms with Crippen LogP contribution in [0.15, 0.2) is 18.2 Å². The lowest BCUT2D eigenvalue weighted by atomic mass is 9.73. The third-order valence-electron chi connectivity index (χ3n) is 6.65. The van der Waals surface area contributed by atoms with Crippen molar-refractivity contribution in [2.24, 2.45) is 0 Å². The molecule has 170 valence electrons. The molecule has 0 unspecified atom stereocenters. The Morgan fingerprint density at radius 1 is 1.22 bits per heavy atom. The van der Waals surface area contributed by atoms with Crippen molar-refractivity contribution in [1.29, 1.82) is 0 Å². The standard InChI is InChI=1S/C24H27ClFN3O3/c1-3-9-24(10-5-11-24)28-23(32)21(30)19-14(2)20(29-12-4-6-18(19)29)22(31)27-15-7-8-17(26)16(25)13-15/h7-8,13H,3-6,9-12H2,1-2H3,(H,27,31)(H,28,32). The topological polar surface area (TPSA) is 80.2 Å². The molecule has 1 aromatic heterocycles. The lowest BCUT2D eigenvalue weighted by molar-refractivity contribution is -0.120. The lowest BCUT2D eigenvalue weighted by Gasteiger charge is -2.42. The summed E-state index contributed by atoms with van der Waals surface area (Å²) in [5.41, 5.74) is 1.97. The molecule has 1 fully saturated rings. The first-order chi connectivity index (χ1) is 15.3. The maximum Gasteiger partial charge on any atom is 0.292 e. The van der Waals surface area contributed by atoms with E-state index in [0.717, 1.165) is 44.2 Å². The number of nitrogens with zero attached hydrogens (tertiary/aromatic N) is 1. The predicted molar refractivity (Wildman–Crippen MR) is 121 cm³/mol. The summed E-state index contributed by atoms with van der Waals surface area (Å²) < 4.78 is 15.3. The zero-order valence-electron chi connectivity index (χ0n) is 18.3. The van der Waals surface area contributed by atoms with E-state index in [1.165, 1.54) is 18.2 Å². The van der Waals surface area contributed by atoms with Gasteiger partial charge in [0.1, 0.15) is 11.5 Å². The molecule has 4 rings (SSSR count). The van der Waals surface area contributed by atoms with E-state index < -0.39 is 23.4 Å². The van der Waals surface area contributed by atoms with Crippen LogP contribution >= 0.6 is 11.6 Å². The largest absolute Gasteiger partial charge is 0.344 e. The van der Waals surface area contributed by atoms with Gasteiger partial charge in [0.25, 0.3) is 17.6 Å². The third-order valence-corrected chi connectivity index (χ3v) is 6.94. The minimum atomic E-state index is -0.598. The van der Waals surface area contributed by atoms with E-state index in [0.29, 0.717) is 35.5 Å². The molecule has 0 saturated heterocycles. The summed E-state index contributed by atoms with van der Waals surface area (Å²) in [5, 5.41) is 5.62. The number of carbonyl (C=O) groups excluding carboxylic acids is 3. The van der Waals surface area contributed by atoms with Crippen molar-refractivity contribution >= 4 is 34.9 Å². The first-order valence-electron chi connectivity index (χ1n) is 11.1. The zero-order chi connectivity index (χ0) is 23.0. The molecule has 0 radical (unpaired) electrons. The highest BCUT2D eigenvalue weighted by atomic mass is 35.5. The van der Waals surface area contributed by atoms with Crippen LogP contribution < -0.4 is 10.6 Å². The van der Waals surface area contributed by atoms with Gasteiger partial charge < -0.3 is 15.2 Å². The number of halogens is 2. The van der Waals surface area contributed by atoms with Crippen LogP contribution in [0.3, 0.4) is 0 Å². The molecule has 2 heterocycles. The number of benzene rings is 1. The van der Waals surface area contributed by atoms with Gasteiger partial charge in [-0.2, -0.15) is 0 Å². The van der Waals surface area contributed by atoms with Crippen molar-refractivity contribution in [2.45, 2.75) is 70.9 Å². The normalized spacial score (nSPS) is 16.2. The number of fused-ring (bicyclic) bond motifs is 1. The van der Waals surface area contributed by atoms with E-state index in [4.69, 9.17) is 11.6 Å². The van der Waals surface area contributed by atoms with E-state index in [9.17, 15) is 18.8 Å². The molecule has 32 heavy (non-hydrogen) atoms. The molecule has 1 aromatic carbocycles. The Kier molecular flexibility index (Phi) is 6.12. The Hall–Kier alpha value is -2.67. The van der Waals surface area contributed by atoms with Crippen LogP contribution in [0, 0.1) is 12.7 Å². The number of Topliss-reactive ketones (excluding diaryl/α,β-unsaturated/α-hetero) is 1. The molecule has 8 heteroatoms. The number of hydrogen-bond acceptors (Lipinski definition) is 3. The molecule has 1 aliphatic heterocycles. The summed E-state index contributed by atoms with van der Waals surface area (Å²) >= 11 is 5.82. The minimum absolute atomic E-state index is 0.0931. The summed E-state index contributed by atoms with van der Waals surface area (Å²) in [6.07, 6.45) is 6.04. The van der Waals surface area contributed by atoms with Gasteiger partial charge in [0.15, 0.2) is 0 Å². The van der Waals surface area contributed by atoms with Gasteiger partial charge in [-0.3, -0.25) is 14.4 Å². The van der Waals surface area contributed by atoms with Crippen molar-refractivity contribution in [3.63, 3.8) is 0 Å². The molecule has 1 saturated carbocycles. The molecule has 6 nitrogen and oxygen atoms in total. The van der Waals surface area contributed by atoms with Crippen molar-refractivity contribution in [3.05, 3.63) is 51.6 Å². The highest BCUT2D eigenvalue weighted by molar-refractivity contribution is 6.44. The molecule has 0 spiro atoms. The van der Waals surface area contributed by atoms with E-state index >= 15 is 0 Å². The molecular weight excluding hydrogens is 433 g/mol. The molecule has 2 amide bonds. The van der Waals surface area contributed by atoms with Crippen LogP contribution in [0.5, 0.6) is 0 Å². The van der Waals surface area contributed by atoms with Crippen LogP contribution in [-0.4, -0.2) is 27.7 Å². The average Bonchev–Trinajstić information content (AvgIpc) is 3.28. The van der Waals surface area contributed by atoms with E-state index in [1.54, 1.807) is 6.92 Å². The fourth-order valence-corrected chi connectivity index (χ4v) is 5.19. The Bertz CT molecular complexity index is 1100. The van der Waals surface area contributed by atoms with Crippen LogP contribution in [0.25, 0.3) is 0 Å². The Balaban J connectivity index is 1.61. The molecule has 0 bridgehead atoms. The van der Waals surface area contributed by atoms with Gasteiger partial charge in [-0.15, -0.1) is 0 Å². The molecule has 2 N–H and O–H groups in total. The number of amides is 2. The summed E-state index contributed by atoms with van der Waals surface area (Å²) in [4.78, 5) is 39.2. The number of rotatable bonds is 7. The molecule has 1 aliphatic carbocycles. The van der Waals surface area contributed by atoms with Gasteiger partial charge in [0, 0.05) is 23.5 Å². The Labute approximate surface area is 191 Å². The summed E-state index contributed by atoms with van der Waals surface area (Å²) in [5.74, 6) is -2.18. The molecule has 0 atom stereocenters. The summed E-state index contributed by atoms with van der Waals surface area (Å²) in [6, 6.07) is 3.94. The quantitative estimate of drug-likeness (QED) is 0.460. The maximum atomic E-state index is 13.4. The van der Waals surface area contributed by atoms with Crippen molar-refractivity contribution in [2.75, 3.05) is 5.32 Å². The first-order valence-corrected chi connectivity index (χ1v) is 11.5. The predicted octanol–water partition coefficient (Wildman–Crippen LogP) is 4.81. The smallest absolute Gasteiger partial charge is 0.292 e. The minimum Gasteiger partial charge on any atom is -0.344 e. The van der Waals surface area contributed by atoms with Crippen LogP contribution in [0.2, 0.25) is 5.02 Å². The number of ketones is 1. The van der Waals surface area contributed by atoms with Gasteiger partial charge in [-0.1, -0.05) is 24.9 Å². The number of nitrogens with one attached hydrogen (secondary N) is 2. The number of anilines is 1. The highest BCUT2D eigenvalue weighted by Crippen LogP contribution is 2.36. The number of carbonyl (C=O) groups is 3. The van der Waals surface area contributed by atoms with Crippen LogP contribution in [-0.2, 0) is 17.8 Å².